The van der Waals surface area contributed by atoms with E-state index >= 15 is 0 Å². The summed E-state index contributed by atoms with van der Waals surface area (Å²) in [4.78, 5) is 40.7. The van der Waals surface area contributed by atoms with E-state index in [1.807, 2.05) is 4.90 Å². The zero-order valence-corrected chi connectivity index (χ0v) is 17.3. The minimum atomic E-state index is -0.708. The Kier molecular flexibility index (Phi) is 5.69. The van der Waals surface area contributed by atoms with Gasteiger partial charge in [-0.2, -0.15) is 0 Å². The second-order valence-electron chi connectivity index (χ2n) is 8.55. The highest BCUT2D eigenvalue weighted by Gasteiger charge is 2.44. The molecule has 3 fully saturated rings. The maximum Gasteiger partial charge on any atom is 0.329 e. The lowest BCUT2D eigenvalue weighted by molar-refractivity contribution is -0.143. The fourth-order valence-corrected chi connectivity index (χ4v) is 4.93. The number of imide groups is 1. The third-order valence-corrected chi connectivity index (χ3v) is 6.78. The molecule has 3 atom stereocenters. The number of amides is 4. The molecule has 1 saturated carbocycles. The van der Waals surface area contributed by atoms with E-state index in [0.29, 0.717) is 30.9 Å². The molecular weight excluding hydrogens is 386 g/mol. The summed E-state index contributed by atoms with van der Waals surface area (Å²) in [6.07, 6.45) is 5.00. The minimum Gasteiger partial charge on any atom is -0.497 e. The molecule has 30 heavy (non-hydrogen) atoms. The molecule has 0 spiro atoms. The number of likely N-dealkylation sites (tertiary alicyclic amines) is 1. The van der Waals surface area contributed by atoms with Crippen LogP contribution in [-0.4, -0.2) is 59.7 Å². The topological polar surface area (TPSA) is 99.2 Å². The van der Waals surface area contributed by atoms with E-state index in [2.05, 4.69) is 5.32 Å². The molecule has 4 amide bonds. The van der Waals surface area contributed by atoms with Crippen LogP contribution in [0.25, 0.3) is 0 Å². The third kappa shape index (κ3) is 3.88. The highest BCUT2D eigenvalue weighted by atomic mass is 16.5. The van der Waals surface area contributed by atoms with Gasteiger partial charge in [-0.1, -0.05) is 12.8 Å². The quantitative estimate of drug-likeness (QED) is 0.717. The first-order valence-corrected chi connectivity index (χ1v) is 10.7. The summed E-state index contributed by atoms with van der Waals surface area (Å²) < 4.78 is 5.11. The fraction of sp³-hybridized carbons (Fsp3) is 0.591. The van der Waals surface area contributed by atoms with Crippen LogP contribution in [0.1, 0.15) is 44.9 Å². The molecule has 2 aliphatic heterocycles. The van der Waals surface area contributed by atoms with Crippen LogP contribution >= 0.6 is 0 Å². The summed E-state index contributed by atoms with van der Waals surface area (Å²) >= 11 is 0. The number of anilines is 1. The van der Waals surface area contributed by atoms with Crippen molar-refractivity contribution in [2.75, 3.05) is 25.1 Å². The predicted octanol–water partition coefficient (Wildman–Crippen LogP) is 2.05. The number of urea groups is 1. The van der Waals surface area contributed by atoms with Gasteiger partial charge in [0, 0.05) is 25.4 Å². The second kappa shape index (κ2) is 8.26. The average Bonchev–Trinajstić information content (AvgIpc) is 3.04. The lowest BCUT2D eigenvalue weighted by Crippen LogP contribution is -2.54. The molecule has 0 bridgehead atoms. The normalized spacial score (nSPS) is 28.9. The lowest BCUT2D eigenvalue weighted by atomic mass is 9.71. The van der Waals surface area contributed by atoms with Gasteiger partial charge in [0.05, 0.1) is 18.4 Å². The minimum absolute atomic E-state index is 0.0208. The number of fused-ring (bicyclic) bond motifs is 1. The second-order valence-corrected chi connectivity index (χ2v) is 8.55. The Hall–Kier alpha value is -2.61. The molecule has 3 aliphatic rings. The van der Waals surface area contributed by atoms with Crippen LogP contribution in [0, 0.1) is 5.92 Å². The van der Waals surface area contributed by atoms with Crippen LogP contribution in [0.5, 0.6) is 5.75 Å². The van der Waals surface area contributed by atoms with Gasteiger partial charge in [-0.05, 0) is 49.9 Å². The number of hydrogen-bond acceptors (Lipinski definition) is 5. The number of piperidine rings is 1. The number of aliphatic hydroxyl groups is 1. The van der Waals surface area contributed by atoms with E-state index in [4.69, 9.17) is 4.74 Å². The molecule has 1 aromatic carbocycles. The van der Waals surface area contributed by atoms with E-state index in [0.717, 1.165) is 30.6 Å². The van der Waals surface area contributed by atoms with Crippen molar-refractivity contribution in [3.63, 3.8) is 0 Å². The summed E-state index contributed by atoms with van der Waals surface area (Å²) in [6.45, 7) is 1.13. The third-order valence-electron chi connectivity index (χ3n) is 6.78. The van der Waals surface area contributed by atoms with Crippen LogP contribution in [0.3, 0.4) is 0 Å². The Morgan fingerprint density at radius 1 is 1.23 bits per heavy atom. The highest BCUT2D eigenvalue weighted by molar-refractivity contribution is 6.21. The number of rotatable bonds is 5. The Morgan fingerprint density at radius 3 is 2.73 bits per heavy atom. The van der Waals surface area contributed by atoms with Gasteiger partial charge in [-0.15, -0.1) is 0 Å². The van der Waals surface area contributed by atoms with Gasteiger partial charge in [0.15, 0.2) is 0 Å². The lowest BCUT2D eigenvalue weighted by Gasteiger charge is -2.47. The Bertz CT molecular complexity index is 827. The van der Waals surface area contributed by atoms with Gasteiger partial charge >= 0.3 is 6.03 Å². The summed E-state index contributed by atoms with van der Waals surface area (Å²) in [5.41, 5.74) is -0.150. The number of methoxy groups -OCH3 is 1. The maximum atomic E-state index is 12.7. The summed E-state index contributed by atoms with van der Waals surface area (Å²) in [7, 11) is 1.55. The van der Waals surface area contributed by atoms with Crippen molar-refractivity contribution in [3.05, 3.63) is 24.3 Å². The summed E-state index contributed by atoms with van der Waals surface area (Å²) in [6, 6.07) is 5.50. The predicted molar refractivity (Wildman–Crippen MR) is 110 cm³/mol. The van der Waals surface area contributed by atoms with Crippen molar-refractivity contribution in [1.82, 2.24) is 10.2 Å². The molecule has 2 heterocycles. The fourth-order valence-electron chi connectivity index (χ4n) is 4.93. The molecule has 2 saturated heterocycles. The first-order valence-electron chi connectivity index (χ1n) is 10.7. The van der Waals surface area contributed by atoms with Crippen molar-refractivity contribution in [2.24, 2.45) is 5.92 Å². The molecule has 0 aromatic heterocycles. The number of benzene rings is 1. The van der Waals surface area contributed by atoms with Crippen LogP contribution in [0.4, 0.5) is 10.5 Å². The zero-order chi connectivity index (χ0) is 21.3. The number of hydrogen-bond donors (Lipinski definition) is 2. The maximum absolute atomic E-state index is 12.7. The molecule has 0 radical (unpaired) electrons. The molecule has 8 nitrogen and oxygen atoms in total. The summed E-state index contributed by atoms with van der Waals surface area (Å²) in [5, 5.41) is 13.5. The Morgan fingerprint density at radius 2 is 2.00 bits per heavy atom. The van der Waals surface area contributed by atoms with E-state index in [1.54, 1.807) is 31.4 Å². The van der Waals surface area contributed by atoms with Crippen molar-refractivity contribution < 1.29 is 24.2 Å². The summed E-state index contributed by atoms with van der Waals surface area (Å²) in [5.74, 6) is 0.410. The number of carbonyl (C=O) groups excluding carboxylic acids is 3. The van der Waals surface area contributed by atoms with Gasteiger partial charge in [-0.3, -0.25) is 9.59 Å². The molecule has 2 N–H and O–H groups in total. The van der Waals surface area contributed by atoms with Gasteiger partial charge in [-0.25, -0.2) is 9.69 Å². The first kappa shape index (κ1) is 20.7. The SMILES string of the molecule is COc1ccc(N2C(=O)N[C@H](CCC(=O)N3CC[C@@]4(O)CCCC[C@@H]4C3)C2=O)cc1. The standard InChI is InChI=1S/C22H29N3O5/c1-30-17-7-5-16(6-8-17)25-20(27)18(23-21(25)28)9-10-19(26)24-13-12-22(29)11-3-2-4-15(22)14-24/h5-8,15,18,29H,2-4,9-14H2,1H3,(H,23,28)/t15-,18-,22+/m1/s1. The van der Waals surface area contributed by atoms with Gasteiger partial charge in [0.25, 0.3) is 5.91 Å². The van der Waals surface area contributed by atoms with Crippen LogP contribution in [-0.2, 0) is 9.59 Å². The van der Waals surface area contributed by atoms with Gasteiger partial charge < -0.3 is 20.1 Å². The van der Waals surface area contributed by atoms with Crippen molar-refractivity contribution in [3.8, 4) is 5.75 Å². The molecule has 4 rings (SSSR count). The van der Waals surface area contributed by atoms with Crippen molar-refractivity contribution in [2.45, 2.75) is 56.6 Å². The molecule has 162 valence electrons. The molecular formula is C22H29N3O5. The number of ether oxygens (including phenoxy) is 1. The number of nitrogens with one attached hydrogen (secondary N) is 1. The molecule has 8 heteroatoms. The number of carbonyl (C=O) groups is 3. The van der Waals surface area contributed by atoms with E-state index in [-0.39, 0.29) is 30.6 Å². The smallest absolute Gasteiger partial charge is 0.329 e. The van der Waals surface area contributed by atoms with Crippen molar-refractivity contribution in [1.29, 1.82) is 0 Å². The largest absolute Gasteiger partial charge is 0.497 e. The average molecular weight is 415 g/mol. The van der Waals surface area contributed by atoms with Crippen LogP contribution in [0.2, 0.25) is 0 Å². The van der Waals surface area contributed by atoms with Crippen LogP contribution in [0.15, 0.2) is 24.3 Å². The molecule has 0 unspecified atom stereocenters. The van der Waals surface area contributed by atoms with Gasteiger partial charge in [0.1, 0.15) is 11.8 Å². The monoisotopic (exact) mass is 415 g/mol. The Balaban J connectivity index is 1.33. The first-order chi connectivity index (χ1) is 14.4. The zero-order valence-electron chi connectivity index (χ0n) is 17.3. The van der Waals surface area contributed by atoms with Crippen LogP contribution < -0.4 is 15.0 Å². The van der Waals surface area contributed by atoms with E-state index in [1.165, 1.54) is 0 Å². The van der Waals surface area contributed by atoms with Crippen molar-refractivity contribution >= 4 is 23.5 Å². The van der Waals surface area contributed by atoms with E-state index < -0.39 is 17.7 Å². The number of nitrogens with zero attached hydrogens (tertiary/aromatic N) is 2. The van der Waals surface area contributed by atoms with Gasteiger partial charge in [0.2, 0.25) is 5.91 Å². The Labute approximate surface area is 176 Å². The van der Waals surface area contributed by atoms with E-state index in [9.17, 15) is 19.5 Å². The molecule has 1 aromatic rings. The molecule has 1 aliphatic carbocycles. The highest BCUT2D eigenvalue weighted by Crippen LogP contribution is 2.40.